The zero-order valence-electron chi connectivity index (χ0n) is 11.8. The van der Waals surface area contributed by atoms with Crippen molar-refractivity contribution in [3.63, 3.8) is 0 Å². The molecule has 0 bridgehead atoms. The number of rotatable bonds is 6. The van der Waals surface area contributed by atoms with Gasteiger partial charge >= 0.3 is 0 Å². The Morgan fingerprint density at radius 1 is 1.39 bits per heavy atom. The number of aromatic nitrogens is 1. The number of hydrogen-bond acceptors (Lipinski definition) is 3. The molecule has 5 nitrogen and oxygen atoms in total. The quantitative estimate of drug-likeness (QED) is 0.853. The van der Waals surface area contributed by atoms with Crippen molar-refractivity contribution >= 4 is 10.0 Å². The van der Waals surface area contributed by atoms with E-state index in [2.05, 4.69) is 5.32 Å². The molecule has 0 aromatic carbocycles. The van der Waals surface area contributed by atoms with E-state index in [0.717, 1.165) is 12.2 Å². The molecule has 0 spiro atoms. The van der Waals surface area contributed by atoms with Gasteiger partial charge in [-0.1, -0.05) is 6.92 Å². The summed E-state index contributed by atoms with van der Waals surface area (Å²) in [6.45, 7) is 7.65. The van der Waals surface area contributed by atoms with E-state index in [1.165, 1.54) is 4.31 Å². The number of nitrogens with zero attached hydrogens (tertiary/aromatic N) is 2. The Bertz CT molecular complexity index is 489. The van der Waals surface area contributed by atoms with Crippen molar-refractivity contribution in [3.05, 3.63) is 18.0 Å². The largest absolute Gasteiger partial charge is 0.346 e. The van der Waals surface area contributed by atoms with Gasteiger partial charge in [0.15, 0.2) is 0 Å². The van der Waals surface area contributed by atoms with Crippen molar-refractivity contribution < 1.29 is 8.42 Å². The fourth-order valence-corrected chi connectivity index (χ4v) is 2.68. The van der Waals surface area contributed by atoms with Gasteiger partial charge in [-0.15, -0.1) is 0 Å². The molecule has 104 valence electrons. The summed E-state index contributed by atoms with van der Waals surface area (Å²) in [4.78, 5) is 0.356. The van der Waals surface area contributed by atoms with Crippen LogP contribution in [0.5, 0.6) is 0 Å². The Hall–Kier alpha value is -0.850. The monoisotopic (exact) mass is 273 g/mol. The van der Waals surface area contributed by atoms with E-state index in [1.807, 2.05) is 25.3 Å². The number of nitrogens with one attached hydrogen (secondary N) is 1. The second-order valence-corrected chi connectivity index (χ2v) is 6.89. The summed E-state index contributed by atoms with van der Waals surface area (Å²) in [6.07, 6.45) is 1.71. The van der Waals surface area contributed by atoms with Gasteiger partial charge in [0, 0.05) is 38.6 Å². The van der Waals surface area contributed by atoms with Crippen LogP contribution in [0.1, 0.15) is 32.5 Å². The van der Waals surface area contributed by atoms with E-state index < -0.39 is 10.0 Å². The topological polar surface area (TPSA) is 54.3 Å². The minimum absolute atomic E-state index is 0.241. The third-order valence-corrected chi connectivity index (χ3v) is 4.58. The molecule has 0 aliphatic heterocycles. The van der Waals surface area contributed by atoms with Crippen LogP contribution in [0.4, 0.5) is 0 Å². The van der Waals surface area contributed by atoms with Gasteiger partial charge in [0.25, 0.3) is 0 Å². The van der Waals surface area contributed by atoms with E-state index in [-0.39, 0.29) is 6.04 Å². The van der Waals surface area contributed by atoms with Gasteiger partial charge in [-0.2, -0.15) is 0 Å². The standard InChI is InChI=1S/C12H23N3O2S/c1-6-13-8-11-7-12(9-15(11)10(2)3)18(16,17)14(4)5/h7,9-10,13H,6,8H2,1-5H3. The van der Waals surface area contributed by atoms with E-state index in [4.69, 9.17) is 0 Å². The van der Waals surface area contributed by atoms with Crippen LogP contribution in [0.25, 0.3) is 0 Å². The predicted octanol–water partition coefficient (Wildman–Crippen LogP) is 1.43. The summed E-state index contributed by atoms with van der Waals surface area (Å²) < 4.78 is 27.4. The molecule has 0 fully saturated rings. The average molecular weight is 273 g/mol. The highest BCUT2D eigenvalue weighted by molar-refractivity contribution is 7.89. The van der Waals surface area contributed by atoms with Crippen molar-refractivity contribution in [2.24, 2.45) is 0 Å². The highest BCUT2D eigenvalue weighted by atomic mass is 32.2. The van der Waals surface area contributed by atoms with E-state index in [0.29, 0.717) is 11.4 Å². The van der Waals surface area contributed by atoms with E-state index >= 15 is 0 Å². The first-order chi connectivity index (χ1) is 8.30. The molecule has 0 saturated heterocycles. The fraction of sp³-hybridized carbons (Fsp3) is 0.667. The summed E-state index contributed by atoms with van der Waals surface area (Å²) in [7, 11) is -0.257. The smallest absolute Gasteiger partial charge is 0.244 e. The summed E-state index contributed by atoms with van der Waals surface area (Å²) in [6, 6.07) is 1.99. The lowest BCUT2D eigenvalue weighted by atomic mass is 10.3. The van der Waals surface area contributed by atoms with Crippen LogP contribution in [0, 0.1) is 0 Å². The fourth-order valence-electron chi connectivity index (χ4n) is 1.72. The van der Waals surface area contributed by atoms with Crippen LogP contribution < -0.4 is 5.32 Å². The van der Waals surface area contributed by atoms with Crippen molar-refractivity contribution in [3.8, 4) is 0 Å². The number of sulfonamides is 1. The molecule has 0 aliphatic carbocycles. The van der Waals surface area contributed by atoms with Crippen LogP contribution >= 0.6 is 0 Å². The average Bonchev–Trinajstić information content (AvgIpc) is 2.70. The van der Waals surface area contributed by atoms with Crippen LogP contribution in [-0.4, -0.2) is 37.9 Å². The van der Waals surface area contributed by atoms with Crippen LogP contribution in [0.3, 0.4) is 0 Å². The first-order valence-electron chi connectivity index (χ1n) is 6.14. The van der Waals surface area contributed by atoms with Crippen LogP contribution in [0.15, 0.2) is 17.2 Å². The molecule has 0 amide bonds. The third kappa shape index (κ3) is 3.13. The molecule has 0 atom stereocenters. The molecule has 6 heteroatoms. The van der Waals surface area contributed by atoms with Gasteiger partial charge in [-0.25, -0.2) is 12.7 Å². The predicted molar refractivity (Wildman–Crippen MR) is 73.1 cm³/mol. The maximum atomic E-state index is 12.1. The summed E-state index contributed by atoms with van der Waals surface area (Å²) in [5, 5.41) is 3.22. The molecule has 0 unspecified atom stereocenters. The second-order valence-electron chi connectivity index (χ2n) is 4.74. The molecule has 1 aromatic heterocycles. The van der Waals surface area contributed by atoms with Crippen LogP contribution in [0.2, 0.25) is 0 Å². The van der Waals surface area contributed by atoms with Crippen molar-refractivity contribution in [2.45, 2.75) is 38.3 Å². The zero-order valence-corrected chi connectivity index (χ0v) is 12.6. The van der Waals surface area contributed by atoms with Gasteiger partial charge in [0.05, 0.1) is 0 Å². The Balaban J connectivity index is 3.18. The van der Waals surface area contributed by atoms with Gasteiger partial charge < -0.3 is 9.88 Å². The zero-order chi connectivity index (χ0) is 13.9. The maximum Gasteiger partial charge on any atom is 0.244 e. The van der Waals surface area contributed by atoms with E-state index in [9.17, 15) is 8.42 Å². The molecule has 1 rings (SSSR count). The lowest BCUT2D eigenvalue weighted by Gasteiger charge is -2.12. The molecule has 1 N–H and O–H groups in total. The maximum absolute atomic E-state index is 12.1. The van der Waals surface area contributed by atoms with Crippen molar-refractivity contribution in [1.29, 1.82) is 0 Å². The van der Waals surface area contributed by atoms with Crippen LogP contribution in [-0.2, 0) is 16.6 Å². The highest BCUT2D eigenvalue weighted by Gasteiger charge is 2.21. The van der Waals surface area contributed by atoms with Gasteiger partial charge in [0.2, 0.25) is 10.0 Å². The highest BCUT2D eigenvalue weighted by Crippen LogP contribution is 2.20. The lowest BCUT2D eigenvalue weighted by Crippen LogP contribution is -2.21. The molecular weight excluding hydrogens is 250 g/mol. The molecule has 0 radical (unpaired) electrons. The molecule has 1 heterocycles. The van der Waals surface area contributed by atoms with Gasteiger partial charge in [-0.05, 0) is 26.5 Å². The normalized spacial score (nSPS) is 12.6. The Morgan fingerprint density at radius 3 is 2.44 bits per heavy atom. The van der Waals surface area contributed by atoms with Crippen molar-refractivity contribution in [2.75, 3.05) is 20.6 Å². The molecule has 1 aromatic rings. The van der Waals surface area contributed by atoms with E-state index in [1.54, 1.807) is 26.4 Å². The molecule has 0 saturated carbocycles. The third-order valence-electron chi connectivity index (χ3n) is 2.80. The molecular formula is C12H23N3O2S. The lowest BCUT2D eigenvalue weighted by molar-refractivity contribution is 0.519. The molecule has 0 aliphatic rings. The van der Waals surface area contributed by atoms with Gasteiger partial charge in [-0.3, -0.25) is 0 Å². The number of hydrogen-bond donors (Lipinski definition) is 1. The molecule has 18 heavy (non-hydrogen) atoms. The SMILES string of the molecule is CCNCc1cc(S(=O)(=O)N(C)C)cn1C(C)C. The minimum atomic E-state index is -3.35. The summed E-state index contributed by atoms with van der Waals surface area (Å²) >= 11 is 0. The Morgan fingerprint density at radius 2 is 2.00 bits per heavy atom. The van der Waals surface area contributed by atoms with Gasteiger partial charge in [0.1, 0.15) is 4.90 Å². The summed E-state index contributed by atoms with van der Waals surface area (Å²) in [5.74, 6) is 0. The first kappa shape index (κ1) is 15.2. The van der Waals surface area contributed by atoms with Crippen molar-refractivity contribution in [1.82, 2.24) is 14.2 Å². The minimum Gasteiger partial charge on any atom is -0.346 e. The Kier molecular flexibility index (Phi) is 4.95. The Labute approximate surface area is 110 Å². The first-order valence-corrected chi connectivity index (χ1v) is 7.58. The summed E-state index contributed by atoms with van der Waals surface area (Å²) in [5.41, 5.74) is 0.993. The second kappa shape index (κ2) is 5.86.